The average molecular weight is 274 g/mol. The molecule has 1 aromatic carbocycles. The quantitative estimate of drug-likeness (QED) is 0.878. The van der Waals surface area contributed by atoms with Crippen molar-refractivity contribution in [2.45, 2.75) is 45.1 Å². The van der Waals surface area contributed by atoms with Crippen molar-refractivity contribution < 1.29 is 9.59 Å². The summed E-state index contributed by atoms with van der Waals surface area (Å²) in [4.78, 5) is 23.7. The molecule has 4 nitrogen and oxygen atoms in total. The van der Waals surface area contributed by atoms with Crippen LogP contribution in [0.15, 0.2) is 24.3 Å². The lowest BCUT2D eigenvalue weighted by molar-refractivity contribution is -0.128. The van der Waals surface area contributed by atoms with Crippen molar-refractivity contribution in [3.8, 4) is 0 Å². The SMILES string of the molecule is Cc1ccc(CCC(=O)N[C@@H]2CCCCNC2=O)cc1. The van der Waals surface area contributed by atoms with E-state index < -0.39 is 0 Å². The molecule has 4 heteroatoms. The highest BCUT2D eigenvalue weighted by Crippen LogP contribution is 2.08. The first-order valence-corrected chi connectivity index (χ1v) is 7.28. The highest BCUT2D eigenvalue weighted by molar-refractivity contribution is 5.87. The summed E-state index contributed by atoms with van der Waals surface area (Å²) in [7, 11) is 0. The van der Waals surface area contributed by atoms with Gasteiger partial charge < -0.3 is 10.6 Å². The standard InChI is InChI=1S/C16H22N2O2/c1-12-5-7-13(8-6-12)9-10-15(19)18-14-4-2-3-11-17-16(14)20/h5-8,14H,2-4,9-11H2,1H3,(H,17,20)(H,18,19)/t14-/m1/s1. The number of carbonyl (C=O) groups excluding carboxylic acids is 2. The maximum absolute atomic E-state index is 11.9. The number of nitrogens with one attached hydrogen (secondary N) is 2. The van der Waals surface area contributed by atoms with Crippen molar-refractivity contribution in [1.29, 1.82) is 0 Å². The molecule has 1 aliphatic rings. The van der Waals surface area contributed by atoms with Crippen molar-refractivity contribution in [2.75, 3.05) is 6.54 Å². The van der Waals surface area contributed by atoms with Gasteiger partial charge in [-0.15, -0.1) is 0 Å². The van der Waals surface area contributed by atoms with Crippen molar-refractivity contribution >= 4 is 11.8 Å². The fourth-order valence-corrected chi connectivity index (χ4v) is 2.36. The van der Waals surface area contributed by atoms with Gasteiger partial charge in [-0.25, -0.2) is 0 Å². The molecule has 2 rings (SSSR count). The first kappa shape index (κ1) is 14.6. The second-order valence-corrected chi connectivity index (χ2v) is 5.39. The number of benzene rings is 1. The summed E-state index contributed by atoms with van der Waals surface area (Å²) in [5.41, 5.74) is 2.37. The molecule has 108 valence electrons. The van der Waals surface area contributed by atoms with Crippen LogP contribution in [0, 0.1) is 6.92 Å². The van der Waals surface area contributed by atoms with Crippen molar-refractivity contribution in [3.05, 3.63) is 35.4 Å². The molecule has 0 radical (unpaired) electrons. The van der Waals surface area contributed by atoms with Crippen LogP contribution in [0.2, 0.25) is 0 Å². The summed E-state index contributed by atoms with van der Waals surface area (Å²) in [6.45, 7) is 2.76. The molecule has 2 amide bonds. The summed E-state index contributed by atoms with van der Waals surface area (Å²) in [5.74, 6) is -0.0983. The Morgan fingerprint density at radius 2 is 2.05 bits per heavy atom. The molecule has 1 fully saturated rings. The van der Waals surface area contributed by atoms with Crippen LogP contribution >= 0.6 is 0 Å². The van der Waals surface area contributed by atoms with Crippen LogP contribution in [0.3, 0.4) is 0 Å². The smallest absolute Gasteiger partial charge is 0.242 e. The topological polar surface area (TPSA) is 58.2 Å². The van der Waals surface area contributed by atoms with Gasteiger partial charge in [-0.2, -0.15) is 0 Å². The Kier molecular flexibility index (Phi) is 5.16. The predicted octanol–water partition coefficient (Wildman–Crippen LogP) is 1.71. The lowest BCUT2D eigenvalue weighted by Crippen LogP contribution is -2.45. The van der Waals surface area contributed by atoms with Gasteiger partial charge in [-0.3, -0.25) is 9.59 Å². The molecule has 1 aromatic rings. The number of hydrogen-bond acceptors (Lipinski definition) is 2. The van der Waals surface area contributed by atoms with Gasteiger partial charge in [0.05, 0.1) is 0 Å². The number of rotatable bonds is 4. The van der Waals surface area contributed by atoms with Gasteiger partial charge in [0.1, 0.15) is 6.04 Å². The van der Waals surface area contributed by atoms with E-state index in [0.717, 1.165) is 24.8 Å². The monoisotopic (exact) mass is 274 g/mol. The van der Waals surface area contributed by atoms with Gasteiger partial charge >= 0.3 is 0 Å². The summed E-state index contributed by atoms with van der Waals surface area (Å²) < 4.78 is 0. The summed E-state index contributed by atoms with van der Waals surface area (Å²) >= 11 is 0. The van der Waals surface area contributed by atoms with E-state index in [4.69, 9.17) is 0 Å². The Bertz CT molecular complexity index is 468. The minimum absolute atomic E-state index is 0.0485. The van der Waals surface area contributed by atoms with E-state index >= 15 is 0 Å². The van der Waals surface area contributed by atoms with E-state index in [0.29, 0.717) is 19.4 Å². The first-order valence-electron chi connectivity index (χ1n) is 7.28. The number of hydrogen-bond donors (Lipinski definition) is 2. The van der Waals surface area contributed by atoms with Gasteiger partial charge in [0.2, 0.25) is 11.8 Å². The minimum atomic E-state index is -0.358. The number of carbonyl (C=O) groups is 2. The molecule has 0 bridgehead atoms. The van der Waals surface area contributed by atoms with Crippen LogP contribution in [0.4, 0.5) is 0 Å². The lowest BCUT2D eigenvalue weighted by atomic mass is 10.1. The van der Waals surface area contributed by atoms with Crippen molar-refractivity contribution in [1.82, 2.24) is 10.6 Å². The molecular formula is C16H22N2O2. The van der Waals surface area contributed by atoms with Gasteiger partial charge in [0.15, 0.2) is 0 Å². The fourth-order valence-electron chi connectivity index (χ4n) is 2.36. The number of amides is 2. The third-order valence-electron chi connectivity index (χ3n) is 3.63. The Balaban J connectivity index is 1.79. The number of aryl methyl sites for hydroxylation is 2. The highest BCUT2D eigenvalue weighted by Gasteiger charge is 2.21. The van der Waals surface area contributed by atoms with Crippen LogP contribution in [-0.2, 0) is 16.0 Å². The molecular weight excluding hydrogens is 252 g/mol. The van der Waals surface area contributed by atoms with E-state index in [1.165, 1.54) is 5.56 Å². The second-order valence-electron chi connectivity index (χ2n) is 5.39. The van der Waals surface area contributed by atoms with Gasteiger partial charge in [0, 0.05) is 13.0 Å². The molecule has 2 N–H and O–H groups in total. The van der Waals surface area contributed by atoms with Crippen molar-refractivity contribution in [3.63, 3.8) is 0 Å². The Morgan fingerprint density at radius 3 is 2.80 bits per heavy atom. The Morgan fingerprint density at radius 1 is 1.30 bits per heavy atom. The zero-order chi connectivity index (χ0) is 14.4. The molecule has 1 heterocycles. The third kappa shape index (κ3) is 4.37. The normalized spacial score (nSPS) is 19.1. The van der Waals surface area contributed by atoms with E-state index in [1.807, 2.05) is 31.2 Å². The zero-order valence-electron chi connectivity index (χ0n) is 11.9. The van der Waals surface area contributed by atoms with E-state index in [9.17, 15) is 9.59 Å². The minimum Gasteiger partial charge on any atom is -0.354 e. The third-order valence-corrected chi connectivity index (χ3v) is 3.63. The van der Waals surface area contributed by atoms with Gasteiger partial charge in [-0.05, 0) is 38.2 Å². The molecule has 1 aliphatic heterocycles. The van der Waals surface area contributed by atoms with Crippen LogP contribution in [-0.4, -0.2) is 24.4 Å². The average Bonchev–Trinajstić information content (AvgIpc) is 2.64. The van der Waals surface area contributed by atoms with Crippen LogP contribution in [0.1, 0.15) is 36.8 Å². The molecule has 0 aliphatic carbocycles. The fraction of sp³-hybridized carbons (Fsp3) is 0.500. The highest BCUT2D eigenvalue weighted by atomic mass is 16.2. The summed E-state index contributed by atoms with van der Waals surface area (Å²) in [5, 5.41) is 5.67. The van der Waals surface area contributed by atoms with Crippen molar-refractivity contribution in [2.24, 2.45) is 0 Å². The van der Waals surface area contributed by atoms with E-state index in [-0.39, 0.29) is 17.9 Å². The largest absolute Gasteiger partial charge is 0.354 e. The molecule has 0 unspecified atom stereocenters. The lowest BCUT2D eigenvalue weighted by Gasteiger charge is -2.15. The molecule has 1 atom stereocenters. The molecule has 20 heavy (non-hydrogen) atoms. The predicted molar refractivity (Wildman–Crippen MR) is 78.3 cm³/mol. The van der Waals surface area contributed by atoms with Crippen LogP contribution in [0.5, 0.6) is 0 Å². The Labute approximate surface area is 119 Å². The first-order chi connectivity index (χ1) is 9.65. The van der Waals surface area contributed by atoms with Gasteiger partial charge in [0.25, 0.3) is 0 Å². The maximum Gasteiger partial charge on any atom is 0.242 e. The molecule has 1 saturated heterocycles. The second kappa shape index (κ2) is 7.08. The molecule has 0 spiro atoms. The Hall–Kier alpha value is -1.84. The van der Waals surface area contributed by atoms with E-state index in [1.54, 1.807) is 0 Å². The van der Waals surface area contributed by atoms with E-state index in [2.05, 4.69) is 10.6 Å². The molecule has 0 saturated carbocycles. The summed E-state index contributed by atoms with van der Waals surface area (Å²) in [6.07, 6.45) is 3.83. The zero-order valence-corrected chi connectivity index (χ0v) is 11.9. The van der Waals surface area contributed by atoms with Gasteiger partial charge in [-0.1, -0.05) is 29.8 Å². The van der Waals surface area contributed by atoms with Crippen LogP contribution in [0.25, 0.3) is 0 Å². The van der Waals surface area contributed by atoms with Crippen LogP contribution < -0.4 is 10.6 Å². The molecule has 0 aromatic heterocycles. The maximum atomic E-state index is 11.9. The summed E-state index contributed by atoms with van der Waals surface area (Å²) in [6, 6.07) is 7.82.